The number of amides is 2. The van der Waals surface area contributed by atoms with Crippen molar-refractivity contribution in [1.29, 1.82) is 0 Å². The SMILES string of the molecule is Cc1ccc(C(=O)NCC2CCN(C(=O)C3CC3)CC2)cn1. The Labute approximate surface area is 131 Å². The van der Waals surface area contributed by atoms with E-state index in [1.165, 1.54) is 0 Å². The van der Waals surface area contributed by atoms with Crippen LogP contribution in [0, 0.1) is 18.8 Å². The number of carbonyl (C=O) groups excluding carboxylic acids is 2. The van der Waals surface area contributed by atoms with Gasteiger partial charge in [-0.25, -0.2) is 0 Å². The molecule has 0 bridgehead atoms. The molecule has 1 saturated heterocycles. The number of aryl methyl sites for hydroxylation is 1. The normalized spacial score (nSPS) is 19.0. The molecule has 1 aliphatic carbocycles. The van der Waals surface area contributed by atoms with Crippen LogP contribution in [0.3, 0.4) is 0 Å². The first-order valence-corrected chi connectivity index (χ1v) is 8.13. The van der Waals surface area contributed by atoms with Gasteiger partial charge in [0.1, 0.15) is 0 Å². The molecule has 5 heteroatoms. The second-order valence-electron chi connectivity index (χ2n) is 6.44. The van der Waals surface area contributed by atoms with Crippen molar-refractivity contribution in [3.8, 4) is 0 Å². The average molecular weight is 301 g/mol. The molecule has 5 nitrogen and oxygen atoms in total. The summed E-state index contributed by atoms with van der Waals surface area (Å²) in [5.41, 5.74) is 1.51. The monoisotopic (exact) mass is 301 g/mol. The first-order chi connectivity index (χ1) is 10.6. The number of pyridine rings is 1. The smallest absolute Gasteiger partial charge is 0.252 e. The van der Waals surface area contributed by atoms with Gasteiger partial charge in [-0.1, -0.05) is 0 Å². The zero-order chi connectivity index (χ0) is 15.5. The van der Waals surface area contributed by atoms with Crippen LogP contribution in [-0.4, -0.2) is 41.3 Å². The summed E-state index contributed by atoms with van der Waals surface area (Å²) in [6, 6.07) is 3.64. The molecule has 0 atom stereocenters. The van der Waals surface area contributed by atoms with Gasteiger partial charge in [0.2, 0.25) is 5.91 Å². The third-order valence-electron chi connectivity index (χ3n) is 4.58. The van der Waals surface area contributed by atoms with Gasteiger partial charge in [-0.3, -0.25) is 14.6 Å². The molecule has 0 aromatic carbocycles. The molecule has 1 aromatic heterocycles. The van der Waals surface area contributed by atoms with E-state index in [2.05, 4.69) is 10.3 Å². The molecule has 1 aromatic rings. The number of likely N-dealkylation sites (tertiary alicyclic amines) is 1. The molecule has 1 saturated carbocycles. The number of hydrogen-bond donors (Lipinski definition) is 1. The molecule has 1 aliphatic heterocycles. The summed E-state index contributed by atoms with van der Waals surface area (Å²) >= 11 is 0. The van der Waals surface area contributed by atoms with Gasteiger partial charge < -0.3 is 10.2 Å². The van der Waals surface area contributed by atoms with Crippen LogP contribution in [0.25, 0.3) is 0 Å². The molecule has 2 aliphatic rings. The third kappa shape index (κ3) is 3.64. The molecule has 0 unspecified atom stereocenters. The van der Waals surface area contributed by atoms with E-state index in [9.17, 15) is 9.59 Å². The fraction of sp³-hybridized carbons (Fsp3) is 0.588. The summed E-state index contributed by atoms with van der Waals surface area (Å²) in [4.78, 5) is 30.2. The Bertz CT molecular complexity index is 544. The predicted octanol–water partition coefficient (Wildman–Crippen LogP) is 1.77. The maximum atomic E-state index is 12.1. The van der Waals surface area contributed by atoms with Crippen LogP contribution in [0.1, 0.15) is 41.7 Å². The van der Waals surface area contributed by atoms with Gasteiger partial charge in [-0.15, -0.1) is 0 Å². The maximum absolute atomic E-state index is 12.1. The fourth-order valence-electron chi connectivity index (χ4n) is 2.89. The van der Waals surface area contributed by atoms with Crippen LogP contribution in [-0.2, 0) is 4.79 Å². The van der Waals surface area contributed by atoms with Crippen molar-refractivity contribution in [1.82, 2.24) is 15.2 Å². The zero-order valence-electron chi connectivity index (χ0n) is 13.0. The Kier molecular flexibility index (Phi) is 4.41. The number of aromatic nitrogens is 1. The van der Waals surface area contributed by atoms with Gasteiger partial charge >= 0.3 is 0 Å². The number of carbonyl (C=O) groups is 2. The minimum atomic E-state index is -0.0658. The lowest BCUT2D eigenvalue weighted by molar-refractivity contribution is -0.133. The minimum Gasteiger partial charge on any atom is -0.352 e. The highest BCUT2D eigenvalue weighted by Gasteiger charge is 2.34. The second kappa shape index (κ2) is 6.46. The van der Waals surface area contributed by atoms with Crippen LogP contribution >= 0.6 is 0 Å². The van der Waals surface area contributed by atoms with E-state index in [0.717, 1.165) is 44.5 Å². The third-order valence-corrected chi connectivity index (χ3v) is 4.58. The van der Waals surface area contributed by atoms with Gasteiger partial charge in [0.15, 0.2) is 0 Å². The van der Waals surface area contributed by atoms with E-state index in [0.29, 0.717) is 29.9 Å². The number of piperidine rings is 1. The lowest BCUT2D eigenvalue weighted by Gasteiger charge is -2.32. The summed E-state index contributed by atoms with van der Waals surface area (Å²) in [6.07, 6.45) is 5.70. The zero-order valence-corrected chi connectivity index (χ0v) is 13.0. The van der Waals surface area contributed by atoms with Crippen LogP contribution in [0.5, 0.6) is 0 Å². The highest BCUT2D eigenvalue weighted by Crippen LogP contribution is 2.32. The van der Waals surface area contributed by atoms with Crippen molar-refractivity contribution in [2.45, 2.75) is 32.6 Å². The van der Waals surface area contributed by atoms with Crippen LogP contribution in [0.2, 0.25) is 0 Å². The van der Waals surface area contributed by atoms with E-state index in [1.54, 1.807) is 12.3 Å². The lowest BCUT2D eigenvalue weighted by atomic mass is 9.96. The average Bonchev–Trinajstić information content (AvgIpc) is 3.38. The molecule has 2 fully saturated rings. The van der Waals surface area contributed by atoms with Crippen LogP contribution in [0.15, 0.2) is 18.3 Å². The van der Waals surface area contributed by atoms with Gasteiger partial charge in [0, 0.05) is 37.4 Å². The van der Waals surface area contributed by atoms with Crippen molar-refractivity contribution < 1.29 is 9.59 Å². The molecule has 2 amide bonds. The minimum absolute atomic E-state index is 0.0658. The Morgan fingerprint density at radius 1 is 1.23 bits per heavy atom. The topological polar surface area (TPSA) is 62.3 Å². The van der Waals surface area contributed by atoms with E-state index < -0.39 is 0 Å². The summed E-state index contributed by atoms with van der Waals surface area (Å²) in [7, 11) is 0. The number of nitrogens with one attached hydrogen (secondary N) is 1. The standard InChI is InChI=1S/C17H23N3O2/c1-12-2-3-15(11-18-12)16(21)19-10-13-6-8-20(9-7-13)17(22)14-4-5-14/h2-3,11,13-14H,4-10H2,1H3,(H,19,21). The Balaban J connectivity index is 1.42. The fourth-order valence-corrected chi connectivity index (χ4v) is 2.89. The molecule has 3 rings (SSSR count). The molecule has 0 radical (unpaired) electrons. The number of nitrogens with zero attached hydrogens (tertiary/aromatic N) is 2. The van der Waals surface area contributed by atoms with E-state index in [1.807, 2.05) is 17.9 Å². The Morgan fingerprint density at radius 3 is 2.55 bits per heavy atom. The van der Waals surface area contributed by atoms with Gasteiger partial charge in [0.05, 0.1) is 5.56 Å². The molecular formula is C17H23N3O2. The van der Waals surface area contributed by atoms with Crippen molar-refractivity contribution in [3.05, 3.63) is 29.6 Å². The summed E-state index contributed by atoms with van der Waals surface area (Å²) in [6.45, 7) is 4.25. The van der Waals surface area contributed by atoms with E-state index >= 15 is 0 Å². The molecule has 2 heterocycles. The van der Waals surface area contributed by atoms with Gasteiger partial charge in [-0.05, 0) is 50.7 Å². The highest BCUT2D eigenvalue weighted by molar-refractivity contribution is 5.93. The molecule has 1 N–H and O–H groups in total. The van der Waals surface area contributed by atoms with Crippen molar-refractivity contribution in [3.63, 3.8) is 0 Å². The summed E-state index contributed by atoms with van der Waals surface area (Å²) < 4.78 is 0. The summed E-state index contributed by atoms with van der Waals surface area (Å²) in [5, 5.41) is 2.98. The van der Waals surface area contributed by atoms with Crippen molar-refractivity contribution >= 4 is 11.8 Å². The second-order valence-corrected chi connectivity index (χ2v) is 6.44. The predicted molar refractivity (Wildman–Crippen MR) is 83.3 cm³/mol. The summed E-state index contributed by atoms with van der Waals surface area (Å²) in [5.74, 6) is 1.05. The molecule has 118 valence electrons. The van der Waals surface area contributed by atoms with E-state index in [4.69, 9.17) is 0 Å². The largest absolute Gasteiger partial charge is 0.352 e. The van der Waals surface area contributed by atoms with Gasteiger partial charge in [0.25, 0.3) is 5.91 Å². The molecular weight excluding hydrogens is 278 g/mol. The Morgan fingerprint density at radius 2 is 1.95 bits per heavy atom. The van der Waals surface area contributed by atoms with Crippen LogP contribution < -0.4 is 5.32 Å². The Hall–Kier alpha value is -1.91. The number of rotatable bonds is 4. The first kappa shape index (κ1) is 15.0. The lowest BCUT2D eigenvalue weighted by Crippen LogP contribution is -2.42. The quantitative estimate of drug-likeness (QED) is 0.922. The number of hydrogen-bond acceptors (Lipinski definition) is 3. The van der Waals surface area contributed by atoms with Gasteiger partial charge in [-0.2, -0.15) is 0 Å². The highest BCUT2D eigenvalue weighted by atomic mass is 16.2. The first-order valence-electron chi connectivity index (χ1n) is 8.13. The van der Waals surface area contributed by atoms with Crippen LogP contribution in [0.4, 0.5) is 0 Å². The van der Waals surface area contributed by atoms with Crippen molar-refractivity contribution in [2.75, 3.05) is 19.6 Å². The molecule has 22 heavy (non-hydrogen) atoms. The van der Waals surface area contributed by atoms with E-state index in [-0.39, 0.29) is 5.91 Å². The van der Waals surface area contributed by atoms with Crippen molar-refractivity contribution in [2.24, 2.45) is 11.8 Å². The maximum Gasteiger partial charge on any atom is 0.252 e. The molecule has 0 spiro atoms.